The van der Waals surface area contributed by atoms with E-state index in [1.54, 1.807) is 7.11 Å². The van der Waals surface area contributed by atoms with Crippen LogP contribution in [0.2, 0.25) is 0 Å². The third kappa shape index (κ3) is 3.40. The molecule has 1 aliphatic rings. The van der Waals surface area contributed by atoms with E-state index >= 15 is 0 Å². The van der Waals surface area contributed by atoms with Crippen LogP contribution in [0.4, 0.5) is 4.79 Å². The Morgan fingerprint density at radius 2 is 2.21 bits per heavy atom. The molecule has 1 fully saturated rings. The number of carbonyl (C=O) groups is 1. The van der Waals surface area contributed by atoms with Crippen LogP contribution in [-0.4, -0.2) is 30.6 Å². The van der Waals surface area contributed by atoms with E-state index in [1.807, 2.05) is 29.2 Å². The van der Waals surface area contributed by atoms with E-state index in [4.69, 9.17) is 4.74 Å². The lowest BCUT2D eigenvalue weighted by Crippen LogP contribution is -2.47. The fourth-order valence-electron chi connectivity index (χ4n) is 2.52. The minimum Gasteiger partial charge on any atom is -0.496 e. The summed E-state index contributed by atoms with van der Waals surface area (Å²) in [7, 11) is 1.65. The van der Waals surface area contributed by atoms with Crippen LogP contribution < -0.4 is 10.1 Å². The zero-order valence-electron chi connectivity index (χ0n) is 11.7. The Morgan fingerprint density at radius 3 is 2.95 bits per heavy atom. The number of amides is 2. The normalized spacial score (nSPS) is 19.1. The van der Waals surface area contributed by atoms with Gasteiger partial charge in [-0.25, -0.2) is 4.79 Å². The molecule has 1 unspecified atom stereocenters. The lowest BCUT2D eigenvalue weighted by Gasteiger charge is -2.33. The number of nitrogens with one attached hydrogen (secondary N) is 1. The molecule has 1 N–H and O–H groups in total. The minimum absolute atomic E-state index is 0.0260. The lowest BCUT2D eigenvalue weighted by atomic mass is 10.0. The fourth-order valence-corrected chi connectivity index (χ4v) is 2.52. The van der Waals surface area contributed by atoms with Gasteiger partial charge in [-0.1, -0.05) is 18.2 Å². The van der Waals surface area contributed by atoms with E-state index in [0.29, 0.717) is 12.6 Å². The Kier molecular flexibility index (Phi) is 4.66. The second-order valence-corrected chi connectivity index (χ2v) is 5.01. The Labute approximate surface area is 114 Å². The molecule has 1 saturated heterocycles. The molecule has 1 aromatic rings. The van der Waals surface area contributed by atoms with Crippen LogP contribution in [-0.2, 0) is 6.54 Å². The first-order chi connectivity index (χ1) is 9.22. The number of para-hydroxylation sites is 1. The van der Waals surface area contributed by atoms with E-state index < -0.39 is 0 Å². The van der Waals surface area contributed by atoms with E-state index in [9.17, 15) is 4.79 Å². The highest BCUT2D eigenvalue weighted by Gasteiger charge is 2.22. The van der Waals surface area contributed by atoms with Crippen molar-refractivity contribution in [3.8, 4) is 5.75 Å². The van der Waals surface area contributed by atoms with Gasteiger partial charge in [-0.3, -0.25) is 0 Å². The Hall–Kier alpha value is -1.71. The highest BCUT2D eigenvalue weighted by molar-refractivity contribution is 5.74. The average molecular weight is 262 g/mol. The summed E-state index contributed by atoms with van der Waals surface area (Å²) in [6, 6.07) is 8.12. The zero-order valence-corrected chi connectivity index (χ0v) is 11.7. The minimum atomic E-state index is 0.0260. The molecule has 2 amide bonds. The topological polar surface area (TPSA) is 41.6 Å². The molecule has 0 saturated carbocycles. The van der Waals surface area contributed by atoms with Crippen molar-refractivity contribution < 1.29 is 9.53 Å². The molecule has 1 heterocycles. The molecule has 4 heteroatoms. The highest BCUT2D eigenvalue weighted by atomic mass is 16.5. The van der Waals surface area contributed by atoms with Crippen LogP contribution in [0, 0.1) is 0 Å². The van der Waals surface area contributed by atoms with Gasteiger partial charge in [0, 0.05) is 24.7 Å². The molecule has 1 aliphatic heterocycles. The number of nitrogens with zero attached hydrogens (tertiary/aromatic N) is 1. The highest BCUT2D eigenvalue weighted by Crippen LogP contribution is 2.18. The number of rotatable bonds is 3. The van der Waals surface area contributed by atoms with Crippen LogP contribution >= 0.6 is 0 Å². The predicted octanol–water partition coefficient (Wildman–Crippen LogP) is 2.78. The number of hydrogen-bond acceptors (Lipinski definition) is 2. The molecule has 0 bridgehead atoms. The van der Waals surface area contributed by atoms with Crippen LogP contribution in [0.5, 0.6) is 5.75 Å². The van der Waals surface area contributed by atoms with Crippen LogP contribution in [0.1, 0.15) is 31.7 Å². The third-order valence-corrected chi connectivity index (χ3v) is 3.69. The molecule has 0 radical (unpaired) electrons. The smallest absolute Gasteiger partial charge is 0.317 e. The van der Waals surface area contributed by atoms with Crippen molar-refractivity contribution in [2.75, 3.05) is 13.7 Å². The van der Waals surface area contributed by atoms with Crippen molar-refractivity contribution in [2.24, 2.45) is 0 Å². The average Bonchev–Trinajstić information content (AvgIpc) is 2.45. The zero-order chi connectivity index (χ0) is 13.7. The summed E-state index contributed by atoms with van der Waals surface area (Å²) in [4.78, 5) is 14.1. The molecule has 104 valence electrons. The van der Waals surface area contributed by atoms with Crippen LogP contribution in [0.15, 0.2) is 24.3 Å². The van der Waals surface area contributed by atoms with Crippen molar-refractivity contribution in [1.29, 1.82) is 0 Å². The maximum atomic E-state index is 12.2. The molecule has 1 aromatic carbocycles. The third-order valence-electron chi connectivity index (χ3n) is 3.69. The number of benzene rings is 1. The first-order valence-corrected chi connectivity index (χ1v) is 6.88. The molecule has 0 aliphatic carbocycles. The monoisotopic (exact) mass is 262 g/mol. The summed E-state index contributed by atoms with van der Waals surface area (Å²) in [6.45, 7) is 3.48. The second-order valence-electron chi connectivity index (χ2n) is 5.01. The van der Waals surface area contributed by atoms with Crippen molar-refractivity contribution in [3.05, 3.63) is 29.8 Å². The summed E-state index contributed by atoms with van der Waals surface area (Å²) in [5.74, 6) is 0.814. The Bertz CT molecular complexity index is 434. The molecular formula is C15H22N2O2. The van der Waals surface area contributed by atoms with Crippen LogP contribution in [0.25, 0.3) is 0 Å². The Balaban J connectivity index is 1.92. The van der Waals surface area contributed by atoms with Gasteiger partial charge >= 0.3 is 6.03 Å². The van der Waals surface area contributed by atoms with E-state index in [0.717, 1.165) is 30.7 Å². The summed E-state index contributed by atoms with van der Waals surface area (Å²) >= 11 is 0. The van der Waals surface area contributed by atoms with Gasteiger partial charge in [0.15, 0.2) is 0 Å². The van der Waals surface area contributed by atoms with E-state index in [2.05, 4.69) is 12.2 Å². The Morgan fingerprint density at radius 1 is 1.42 bits per heavy atom. The van der Waals surface area contributed by atoms with Crippen molar-refractivity contribution in [3.63, 3.8) is 0 Å². The van der Waals surface area contributed by atoms with Gasteiger partial charge in [0.25, 0.3) is 0 Å². The fraction of sp³-hybridized carbons (Fsp3) is 0.533. The maximum absolute atomic E-state index is 12.2. The molecule has 1 atom stereocenters. The molecule has 2 rings (SSSR count). The van der Waals surface area contributed by atoms with Crippen molar-refractivity contribution in [2.45, 2.75) is 38.8 Å². The number of methoxy groups -OCH3 is 1. The molecule has 4 nitrogen and oxygen atoms in total. The van der Waals surface area contributed by atoms with Crippen molar-refractivity contribution in [1.82, 2.24) is 10.2 Å². The maximum Gasteiger partial charge on any atom is 0.317 e. The summed E-state index contributed by atoms with van der Waals surface area (Å²) in [6.07, 6.45) is 3.42. The number of carbonyl (C=O) groups excluding carboxylic acids is 1. The standard InChI is InChI=1S/C15H22N2O2/c1-12-7-5-6-10-17(12)15(18)16-11-13-8-3-4-9-14(13)19-2/h3-4,8-9,12H,5-7,10-11H2,1-2H3,(H,16,18). The number of urea groups is 1. The largest absolute Gasteiger partial charge is 0.496 e. The van der Waals surface area contributed by atoms with E-state index in [-0.39, 0.29) is 6.03 Å². The number of piperidine rings is 1. The molecular weight excluding hydrogens is 240 g/mol. The van der Waals surface area contributed by atoms with Gasteiger partial charge in [0.1, 0.15) is 5.75 Å². The molecule has 0 aromatic heterocycles. The molecule has 0 spiro atoms. The van der Waals surface area contributed by atoms with Gasteiger partial charge in [0.05, 0.1) is 7.11 Å². The first kappa shape index (κ1) is 13.7. The SMILES string of the molecule is COc1ccccc1CNC(=O)N1CCCCC1C. The predicted molar refractivity (Wildman–Crippen MR) is 75.2 cm³/mol. The van der Waals surface area contributed by atoms with Gasteiger partial charge in [-0.15, -0.1) is 0 Å². The summed E-state index contributed by atoms with van der Waals surface area (Å²) in [5, 5.41) is 2.98. The second kappa shape index (κ2) is 6.45. The quantitative estimate of drug-likeness (QED) is 0.910. The van der Waals surface area contributed by atoms with Gasteiger partial charge < -0.3 is 15.0 Å². The van der Waals surface area contributed by atoms with Gasteiger partial charge in [-0.2, -0.15) is 0 Å². The van der Waals surface area contributed by atoms with E-state index in [1.165, 1.54) is 6.42 Å². The first-order valence-electron chi connectivity index (χ1n) is 6.88. The number of ether oxygens (including phenoxy) is 1. The summed E-state index contributed by atoms with van der Waals surface area (Å²) in [5.41, 5.74) is 1.00. The van der Waals surface area contributed by atoms with Crippen molar-refractivity contribution >= 4 is 6.03 Å². The lowest BCUT2D eigenvalue weighted by molar-refractivity contribution is 0.157. The van der Waals surface area contributed by atoms with Gasteiger partial charge in [0.2, 0.25) is 0 Å². The summed E-state index contributed by atoms with van der Waals surface area (Å²) < 4.78 is 5.28. The van der Waals surface area contributed by atoms with Crippen LogP contribution in [0.3, 0.4) is 0 Å². The number of likely N-dealkylation sites (tertiary alicyclic amines) is 1. The molecule has 19 heavy (non-hydrogen) atoms. The van der Waals surface area contributed by atoms with Gasteiger partial charge in [-0.05, 0) is 32.3 Å². The number of hydrogen-bond donors (Lipinski definition) is 1.